The number of hydrogen-bond acceptors (Lipinski definition) is 2. The van der Waals surface area contributed by atoms with E-state index >= 15 is 0 Å². The van der Waals surface area contributed by atoms with E-state index in [1.165, 1.54) is 14.2 Å². The molecule has 1 rings (SSSR count). The lowest BCUT2D eigenvalue weighted by atomic mass is 10.5. The van der Waals surface area contributed by atoms with Gasteiger partial charge in [-0.3, -0.25) is 4.42 Å². The summed E-state index contributed by atoms with van der Waals surface area (Å²) in [7, 11) is 3.08. The molecule has 0 amide bonds. The molecule has 0 fully saturated rings. The molecule has 0 unspecified atom stereocenters. The molecule has 10 heavy (non-hydrogen) atoms. The van der Waals surface area contributed by atoms with Crippen molar-refractivity contribution in [3.05, 3.63) is 18.2 Å². The van der Waals surface area contributed by atoms with Gasteiger partial charge < -0.3 is 9.47 Å². The van der Waals surface area contributed by atoms with E-state index in [0.29, 0.717) is 11.9 Å². The maximum Gasteiger partial charge on any atom is 0.445 e. The summed E-state index contributed by atoms with van der Waals surface area (Å²) in [5.41, 5.74) is 0. The minimum absolute atomic E-state index is 0.444. The van der Waals surface area contributed by atoms with Gasteiger partial charge in [0.05, 0.1) is 12.1 Å². The van der Waals surface area contributed by atoms with Crippen molar-refractivity contribution in [1.82, 2.24) is 0 Å². The third kappa shape index (κ3) is 1.37. The Balaban J connectivity index is 2.87. The van der Waals surface area contributed by atoms with Gasteiger partial charge in [-0.1, -0.05) is 0 Å². The molecule has 0 aliphatic carbocycles. The highest BCUT2D eigenvalue weighted by Crippen LogP contribution is 2.17. The summed E-state index contributed by atoms with van der Waals surface area (Å²) in [6, 6.07) is 5.21. The van der Waals surface area contributed by atoms with Gasteiger partial charge in [0, 0.05) is 0 Å². The van der Waals surface area contributed by atoms with Crippen molar-refractivity contribution < 1.29 is 13.9 Å². The molecular formula is C7H9O3+. The van der Waals surface area contributed by atoms with Gasteiger partial charge in [-0.25, -0.2) is 0 Å². The Kier molecular flexibility index (Phi) is 2.10. The topological polar surface area (TPSA) is 29.8 Å². The van der Waals surface area contributed by atoms with Gasteiger partial charge in [0.2, 0.25) is 0 Å². The molecule has 0 aliphatic rings. The van der Waals surface area contributed by atoms with Crippen LogP contribution in [-0.2, 0) is 0 Å². The molecule has 1 aromatic rings. The molecule has 0 saturated carbocycles. The molecule has 1 aromatic heterocycles. The van der Waals surface area contributed by atoms with Gasteiger partial charge in [0.25, 0.3) is 0 Å². The predicted molar refractivity (Wildman–Crippen MR) is 36.2 cm³/mol. The summed E-state index contributed by atoms with van der Waals surface area (Å²) in [6.07, 6.45) is 0. The van der Waals surface area contributed by atoms with Crippen molar-refractivity contribution >= 4 is 0 Å². The lowest BCUT2D eigenvalue weighted by Crippen LogP contribution is -1.84. The Bertz CT molecular complexity index is 191. The summed E-state index contributed by atoms with van der Waals surface area (Å²) in [4.78, 5) is 0. The summed E-state index contributed by atoms with van der Waals surface area (Å²) in [5, 5.41) is 0. The van der Waals surface area contributed by atoms with Crippen molar-refractivity contribution in [3.8, 4) is 11.9 Å². The average Bonchev–Trinajstić information content (AvgIpc) is 2.05. The van der Waals surface area contributed by atoms with Crippen LogP contribution in [0.1, 0.15) is 0 Å². The van der Waals surface area contributed by atoms with Crippen molar-refractivity contribution in [3.63, 3.8) is 0 Å². The molecule has 0 N–H and O–H groups in total. The zero-order valence-electron chi connectivity index (χ0n) is 5.96. The second kappa shape index (κ2) is 3.06. The van der Waals surface area contributed by atoms with E-state index in [9.17, 15) is 0 Å². The fourth-order valence-electron chi connectivity index (χ4n) is 0.592. The van der Waals surface area contributed by atoms with Gasteiger partial charge in [-0.2, -0.15) is 0 Å². The summed E-state index contributed by atoms with van der Waals surface area (Å²) in [6.45, 7) is 0. The van der Waals surface area contributed by atoms with Crippen LogP contribution in [0.3, 0.4) is 0 Å². The lowest BCUT2D eigenvalue weighted by molar-refractivity contribution is 0.232. The van der Waals surface area contributed by atoms with Crippen LogP contribution in [0.15, 0.2) is 22.6 Å². The third-order valence-corrected chi connectivity index (χ3v) is 1.07. The largest absolute Gasteiger partial charge is 0.445 e. The predicted octanol–water partition coefficient (Wildman–Crippen LogP) is 1.58. The number of hydrogen-bond donors (Lipinski definition) is 0. The van der Waals surface area contributed by atoms with Gasteiger partial charge >= 0.3 is 11.9 Å². The fourth-order valence-corrected chi connectivity index (χ4v) is 0.592. The molecule has 54 valence electrons. The van der Waals surface area contributed by atoms with Gasteiger partial charge in [0.15, 0.2) is 0 Å². The van der Waals surface area contributed by atoms with E-state index in [0.717, 1.165) is 0 Å². The molecule has 0 aromatic carbocycles. The van der Waals surface area contributed by atoms with E-state index in [1.807, 2.05) is 0 Å². The van der Waals surface area contributed by atoms with Crippen molar-refractivity contribution in [2.45, 2.75) is 0 Å². The van der Waals surface area contributed by atoms with Crippen LogP contribution in [0.25, 0.3) is 0 Å². The summed E-state index contributed by atoms with van der Waals surface area (Å²) >= 11 is 0. The van der Waals surface area contributed by atoms with Crippen molar-refractivity contribution in [1.29, 1.82) is 0 Å². The Morgan fingerprint density at radius 3 is 2.00 bits per heavy atom. The van der Waals surface area contributed by atoms with Crippen LogP contribution in [-0.4, -0.2) is 14.2 Å². The molecule has 3 nitrogen and oxygen atoms in total. The van der Waals surface area contributed by atoms with Crippen LogP contribution in [0.5, 0.6) is 11.9 Å². The molecule has 0 radical (unpaired) electrons. The molecule has 0 atom stereocenters. The Morgan fingerprint density at radius 2 is 1.60 bits per heavy atom. The highest BCUT2D eigenvalue weighted by atomic mass is 16.6. The van der Waals surface area contributed by atoms with Gasteiger partial charge in [-0.15, -0.1) is 0 Å². The molecule has 0 bridgehead atoms. The van der Waals surface area contributed by atoms with Crippen LogP contribution >= 0.6 is 0 Å². The van der Waals surface area contributed by atoms with Crippen LogP contribution in [0.2, 0.25) is 0 Å². The Labute approximate surface area is 59.2 Å². The maximum absolute atomic E-state index is 5.03. The summed E-state index contributed by atoms with van der Waals surface area (Å²) in [5.74, 6) is 0.888. The van der Waals surface area contributed by atoms with E-state index in [4.69, 9.17) is 13.9 Å². The first-order valence-corrected chi connectivity index (χ1v) is 2.88. The second-order valence-corrected chi connectivity index (χ2v) is 1.67. The standard InChI is InChI=1S/C7H9O3/c1-8-6-4-3-5-7(9-2)10-6/h3-5H,1-2H3/q+1. The highest BCUT2D eigenvalue weighted by Gasteiger charge is 2.05. The van der Waals surface area contributed by atoms with E-state index in [-0.39, 0.29) is 0 Å². The SMILES string of the molecule is COc1cccc(OC)[o+]1. The summed E-state index contributed by atoms with van der Waals surface area (Å²) < 4.78 is 14.7. The normalized spacial score (nSPS) is 9.00. The fraction of sp³-hybridized carbons (Fsp3) is 0.286. The molecule has 0 spiro atoms. The highest BCUT2D eigenvalue weighted by molar-refractivity contribution is 5.13. The second-order valence-electron chi connectivity index (χ2n) is 1.67. The number of ether oxygens (including phenoxy) is 2. The monoisotopic (exact) mass is 141 g/mol. The van der Waals surface area contributed by atoms with Crippen LogP contribution < -0.4 is 9.47 Å². The van der Waals surface area contributed by atoms with Crippen LogP contribution in [0, 0.1) is 0 Å². The molecule has 0 aliphatic heterocycles. The van der Waals surface area contributed by atoms with E-state index in [2.05, 4.69) is 0 Å². The number of rotatable bonds is 2. The smallest absolute Gasteiger partial charge is 0.370 e. The van der Waals surface area contributed by atoms with E-state index < -0.39 is 0 Å². The van der Waals surface area contributed by atoms with Crippen molar-refractivity contribution in [2.24, 2.45) is 0 Å². The molecule has 0 saturated heterocycles. The van der Waals surface area contributed by atoms with Gasteiger partial charge in [0.1, 0.15) is 14.2 Å². The minimum atomic E-state index is 0.444. The zero-order chi connectivity index (χ0) is 7.40. The minimum Gasteiger partial charge on any atom is -0.370 e. The first-order valence-electron chi connectivity index (χ1n) is 2.88. The molecule has 3 heteroatoms. The number of methoxy groups -OCH3 is 2. The first kappa shape index (κ1) is 6.86. The quantitative estimate of drug-likeness (QED) is 0.585. The Morgan fingerprint density at radius 1 is 1.10 bits per heavy atom. The molecular weight excluding hydrogens is 132 g/mol. The lowest BCUT2D eigenvalue weighted by Gasteiger charge is -1.89. The van der Waals surface area contributed by atoms with E-state index in [1.54, 1.807) is 18.2 Å². The molecule has 1 heterocycles. The average molecular weight is 141 g/mol. The van der Waals surface area contributed by atoms with Gasteiger partial charge in [-0.05, 0) is 6.07 Å². The maximum atomic E-state index is 5.03. The zero-order valence-corrected chi connectivity index (χ0v) is 5.96. The third-order valence-electron chi connectivity index (χ3n) is 1.07. The first-order chi connectivity index (χ1) is 4.86. The van der Waals surface area contributed by atoms with Crippen LogP contribution in [0.4, 0.5) is 0 Å². The van der Waals surface area contributed by atoms with Crippen molar-refractivity contribution in [2.75, 3.05) is 14.2 Å². The Hall–Kier alpha value is -1.25.